The van der Waals surface area contributed by atoms with Gasteiger partial charge in [0, 0.05) is 30.9 Å². The first kappa shape index (κ1) is 21.5. The molecule has 0 bridgehead atoms. The molecule has 0 saturated carbocycles. The molecular formula is C17H24Cl2N2O4. The van der Waals surface area contributed by atoms with Gasteiger partial charge < -0.3 is 20.5 Å². The topological polar surface area (TPSA) is 92.9 Å². The van der Waals surface area contributed by atoms with Crippen LogP contribution in [-0.2, 0) is 22.6 Å². The van der Waals surface area contributed by atoms with E-state index in [0.717, 1.165) is 16.7 Å². The minimum absolute atomic E-state index is 0.0928. The first-order chi connectivity index (χ1) is 11.9. The predicted molar refractivity (Wildman–Crippen MR) is 98.3 cm³/mol. The van der Waals surface area contributed by atoms with E-state index >= 15 is 0 Å². The number of ether oxygens (including phenoxy) is 1. The summed E-state index contributed by atoms with van der Waals surface area (Å²) < 4.78 is 5.30. The molecular weight excluding hydrogens is 367 g/mol. The van der Waals surface area contributed by atoms with Gasteiger partial charge in [0.1, 0.15) is 6.61 Å². The highest BCUT2D eigenvalue weighted by molar-refractivity contribution is 6.18. The second-order valence-corrected chi connectivity index (χ2v) is 6.50. The van der Waals surface area contributed by atoms with Gasteiger partial charge in [0.2, 0.25) is 0 Å². The Morgan fingerprint density at radius 1 is 1.28 bits per heavy atom. The first-order valence-corrected chi connectivity index (χ1v) is 9.03. The number of amides is 1. The lowest BCUT2D eigenvalue weighted by Gasteiger charge is -2.20. The molecule has 0 aliphatic carbocycles. The average Bonchev–Trinajstić information content (AvgIpc) is 2.54. The van der Waals surface area contributed by atoms with Crippen LogP contribution < -0.4 is 5.73 Å². The van der Waals surface area contributed by atoms with Gasteiger partial charge >= 0.3 is 12.1 Å². The number of carbonyl (C=O) groups excluding carboxylic acids is 1. The van der Waals surface area contributed by atoms with E-state index in [-0.39, 0.29) is 13.0 Å². The molecule has 1 aromatic rings. The fourth-order valence-electron chi connectivity index (χ4n) is 2.35. The normalized spacial score (nSPS) is 11.8. The Hall–Kier alpha value is -1.50. The zero-order valence-electron chi connectivity index (χ0n) is 14.2. The van der Waals surface area contributed by atoms with Crippen LogP contribution in [0.3, 0.4) is 0 Å². The molecule has 1 aromatic carbocycles. The van der Waals surface area contributed by atoms with Crippen LogP contribution in [0, 0.1) is 6.92 Å². The Bertz CT molecular complexity index is 578. The van der Waals surface area contributed by atoms with Gasteiger partial charge in [-0.05, 0) is 30.0 Å². The summed E-state index contributed by atoms with van der Waals surface area (Å²) in [5.74, 6) is -0.307. The third-order valence-corrected chi connectivity index (χ3v) is 4.00. The molecule has 140 valence electrons. The van der Waals surface area contributed by atoms with Gasteiger partial charge in [0.25, 0.3) is 0 Å². The number of nitrogens with two attached hydrogens (primary N) is 1. The van der Waals surface area contributed by atoms with Crippen molar-refractivity contribution in [2.75, 3.05) is 24.8 Å². The Balaban J connectivity index is 2.68. The number of hydrogen-bond donors (Lipinski definition) is 2. The maximum Gasteiger partial charge on any atom is 0.410 e. The molecule has 1 amide bonds. The largest absolute Gasteiger partial charge is 0.481 e. The molecule has 0 aliphatic heterocycles. The molecule has 0 unspecified atom stereocenters. The molecule has 0 aromatic heterocycles. The molecule has 1 rings (SSSR count). The van der Waals surface area contributed by atoms with E-state index in [1.54, 1.807) is 0 Å². The van der Waals surface area contributed by atoms with Crippen LogP contribution in [0.1, 0.15) is 23.1 Å². The van der Waals surface area contributed by atoms with Crippen LogP contribution in [0.5, 0.6) is 0 Å². The lowest BCUT2D eigenvalue weighted by atomic mass is 9.98. The molecule has 0 aliphatic rings. The Labute approximate surface area is 157 Å². The first-order valence-electron chi connectivity index (χ1n) is 7.96. The van der Waals surface area contributed by atoms with Crippen molar-refractivity contribution in [2.24, 2.45) is 5.73 Å². The van der Waals surface area contributed by atoms with Crippen molar-refractivity contribution in [3.8, 4) is 0 Å². The molecule has 0 heterocycles. The van der Waals surface area contributed by atoms with Crippen molar-refractivity contribution in [2.45, 2.75) is 32.4 Å². The molecule has 3 N–H and O–H groups in total. The van der Waals surface area contributed by atoms with Crippen LogP contribution >= 0.6 is 23.2 Å². The summed E-state index contributed by atoms with van der Waals surface area (Å²) >= 11 is 11.3. The summed E-state index contributed by atoms with van der Waals surface area (Å²) in [4.78, 5) is 24.2. The number of carbonyl (C=O) groups is 2. The van der Waals surface area contributed by atoms with Gasteiger partial charge in [-0.3, -0.25) is 4.79 Å². The van der Waals surface area contributed by atoms with Crippen molar-refractivity contribution in [1.82, 2.24) is 4.90 Å². The van der Waals surface area contributed by atoms with Gasteiger partial charge in [0.05, 0.1) is 6.42 Å². The number of carboxylic acids is 1. The zero-order chi connectivity index (χ0) is 18.8. The number of rotatable bonds is 10. The second-order valence-electron chi connectivity index (χ2n) is 5.74. The second kappa shape index (κ2) is 11.2. The minimum Gasteiger partial charge on any atom is -0.481 e. The van der Waals surface area contributed by atoms with Crippen LogP contribution in [0.4, 0.5) is 4.79 Å². The summed E-state index contributed by atoms with van der Waals surface area (Å²) in [6.45, 7) is 2.79. The third kappa shape index (κ3) is 7.94. The van der Waals surface area contributed by atoms with E-state index in [9.17, 15) is 9.59 Å². The lowest BCUT2D eigenvalue weighted by molar-refractivity contribution is -0.137. The Kier molecular flexibility index (Phi) is 9.63. The van der Waals surface area contributed by atoms with Crippen molar-refractivity contribution >= 4 is 35.3 Å². The summed E-state index contributed by atoms with van der Waals surface area (Å²) in [6.07, 6.45) is -0.111. The van der Waals surface area contributed by atoms with Crippen molar-refractivity contribution in [3.05, 3.63) is 34.9 Å². The van der Waals surface area contributed by atoms with E-state index in [2.05, 4.69) is 0 Å². The molecule has 0 spiro atoms. The lowest BCUT2D eigenvalue weighted by Crippen LogP contribution is -2.34. The molecule has 0 fully saturated rings. The zero-order valence-corrected chi connectivity index (χ0v) is 15.7. The van der Waals surface area contributed by atoms with Crippen LogP contribution in [-0.4, -0.2) is 53.0 Å². The SMILES string of the molecule is Cc1ccc(COC(=O)N(CCCl)CCCl)cc1C[C@H](N)CC(=O)O. The molecule has 1 atom stereocenters. The third-order valence-electron chi connectivity index (χ3n) is 3.66. The van der Waals surface area contributed by atoms with Gasteiger partial charge in [0.15, 0.2) is 0 Å². The van der Waals surface area contributed by atoms with Crippen LogP contribution in [0.25, 0.3) is 0 Å². The number of carboxylic acid groups (broad SMARTS) is 1. The van der Waals surface area contributed by atoms with E-state index in [0.29, 0.717) is 31.3 Å². The van der Waals surface area contributed by atoms with Crippen molar-refractivity contribution in [1.29, 1.82) is 0 Å². The Morgan fingerprint density at radius 3 is 2.48 bits per heavy atom. The molecule has 8 heteroatoms. The molecule has 0 saturated heterocycles. The fraction of sp³-hybridized carbons (Fsp3) is 0.529. The summed E-state index contributed by atoms with van der Waals surface area (Å²) in [5, 5.41) is 8.81. The number of benzene rings is 1. The van der Waals surface area contributed by atoms with E-state index in [4.69, 9.17) is 38.8 Å². The quantitative estimate of drug-likeness (QED) is 0.599. The number of halogens is 2. The molecule has 0 radical (unpaired) electrons. The number of aliphatic carboxylic acids is 1. The van der Waals surface area contributed by atoms with Crippen LogP contribution in [0.15, 0.2) is 18.2 Å². The number of aryl methyl sites for hydroxylation is 1. The predicted octanol–water partition coefficient (Wildman–Crippen LogP) is 2.76. The van der Waals surface area contributed by atoms with E-state index < -0.39 is 18.1 Å². The van der Waals surface area contributed by atoms with Crippen LogP contribution in [0.2, 0.25) is 0 Å². The van der Waals surface area contributed by atoms with E-state index in [1.807, 2.05) is 25.1 Å². The van der Waals surface area contributed by atoms with Crippen molar-refractivity contribution in [3.63, 3.8) is 0 Å². The highest BCUT2D eigenvalue weighted by Gasteiger charge is 2.15. The van der Waals surface area contributed by atoms with E-state index in [1.165, 1.54) is 4.90 Å². The highest BCUT2D eigenvalue weighted by Crippen LogP contribution is 2.15. The Morgan fingerprint density at radius 2 is 1.92 bits per heavy atom. The summed E-state index contributed by atoms with van der Waals surface area (Å²) in [5.41, 5.74) is 8.63. The standard InChI is InChI=1S/C17H24Cl2N2O4/c1-12-2-3-13(8-14(12)9-15(20)10-16(22)23)11-25-17(24)21(6-4-18)7-5-19/h2-3,8,15H,4-7,9-11,20H2,1H3,(H,22,23)/t15-/m0/s1. The number of nitrogens with zero attached hydrogens (tertiary/aromatic N) is 1. The summed E-state index contributed by atoms with van der Waals surface area (Å²) in [7, 11) is 0. The number of alkyl halides is 2. The van der Waals surface area contributed by atoms with Gasteiger partial charge in [-0.1, -0.05) is 18.2 Å². The monoisotopic (exact) mass is 390 g/mol. The molecule has 6 nitrogen and oxygen atoms in total. The maximum absolute atomic E-state index is 12.0. The van der Waals surface area contributed by atoms with Crippen molar-refractivity contribution < 1.29 is 19.4 Å². The molecule has 25 heavy (non-hydrogen) atoms. The fourth-order valence-corrected chi connectivity index (χ4v) is 2.76. The smallest absolute Gasteiger partial charge is 0.410 e. The average molecular weight is 391 g/mol. The van der Waals surface area contributed by atoms with Gasteiger partial charge in [-0.15, -0.1) is 23.2 Å². The van der Waals surface area contributed by atoms with Gasteiger partial charge in [-0.2, -0.15) is 0 Å². The number of hydrogen-bond acceptors (Lipinski definition) is 4. The maximum atomic E-state index is 12.0. The summed E-state index contributed by atoms with van der Waals surface area (Å²) in [6, 6.07) is 5.19. The minimum atomic E-state index is -0.922. The highest BCUT2D eigenvalue weighted by atomic mass is 35.5. The van der Waals surface area contributed by atoms with Gasteiger partial charge in [-0.25, -0.2) is 4.79 Å².